The van der Waals surface area contributed by atoms with Crippen LogP contribution >= 0.6 is 23.4 Å². The maximum absolute atomic E-state index is 13.7. The van der Waals surface area contributed by atoms with Crippen LogP contribution in [0.5, 0.6) is 5.75 Å². The second kappa shape index (κ2) is 9.64. The Morgan fingerprint density at radius 3 is 2.70 bits per heavy atom. The fourth-order valence-corrected chi connectivity index (χ4v) is 4.30. The van der Waals surface area contributed by atoms with E-state index in [2.05, 4.69) is 10.3 Å². The van der Waals surface area contributed by atoms with Gasteiger partial charge in [0.15, 0.2) is 5.16 Å². The van der Waals surface area contributed by atoms with Crippen molar-refractivity contribution < 1.29 is 13.9 Å². The van der Waals surface area contributed by atoms with Gasteiger partial charge in [0.2, 0.25) is 5.91 Å². The smallest absolute Gasteiger partial charge is 0.266 e. The molecule has 0 saturated heterocycles. The average Bonchev–Trinajstić information content (AvgIpc) is 2.81. The van der Waals surface area contributed by atoms with Gasteiger partial charge in [-0.25, -0.2) is 9.37 Å². The quantitative estimate of drug-likeness (QED) is 0.297. The highest BCUT2D eigenvalue weighted by Crippen LogP contribution is 2.28. The molecular formula is C24H19ClFN3O3S. The van der Waals surface area contributed by atoms with Gasteiger partial charge in [-0.05, 0) is 49.4 Å². The standard InChI is InChI=1S/C24H19ClFN3O3S/c1-14(22(30)27-15-6-5-7-17(12-15)32-2)33-24-28-21-9-4-3-8-18(21)23(31)29(24)16-10-11-20(26)19(25)13-16/h3-14H,1-2H3,(H,27,30). The molecule has 1 atom stereocenters. The van der Waals surface area contributed by atoms with Gasteiger partial charge in [0.05, 0.1) is 34.0 Å². The number of carbonyl (C=O) groups is 1. The molecule has 1 amide bonds. The Morgan fingerprint density at radius 2 is 1.94 bits per heavy atom. The molecule has 1 heterocycles. The lowest BCUT2D eigenvalue weighted by Crippen LogP contribution is -2.26. The van der Waals surface area contributed by atoms with Crippen LogP contribution in [0, 0.1) is 5.82 Å². The summed E-state index contributed by atoms with van der Waals surface area (Å²) in [5, 5.41) is 2.80. The van der Waals surface area contributed by atoms with Gasteiger partial charge >= 0.3 is 0 Å². The maximum Gasteiger partial charge on any atom is 0.266 e. The molecule has 0 aliphatic heterocycles. The Hall–Kier alpha value is -3.36. The zero-order chi connectivity index (χ0) is 23.5. The van der Waals surface area contributed by atoms with Gasteiger partial charge in [-0.3, -0.25) is 14.2 Å². The molecule has 6 nitrogen and oxygen atoms in total. The van der Waals surface area contributed by atoms with E-state index in [0.717, 1.165) is 11.8 Å². The Morgan fingerprint density at radius 1 is 1.15 bits per heavy atom. The maximum atomic E-state index is 13.7. The molecule has 33 heavy (non-hydrogen) atoms. The summed E-state index contributed by atoms with van der Waals surface area (Å²) in [5.74, 6) is -0.256. The SMILES string of the molecule is COc1cccc(NC(=O)C(C)Sc2nc3ccccc3c(=O)n2-c2ccc(F)c(Cl)c2)c1. The summed E-state index contributed by atoms with van der Waals surface area (Å²) in [4.78, 5) is 30.8. The lowest BCUT2D eigenvalue weighted by Gasteiger charge is -2.17. The predicted molar refractivity (Wildman–Crippen MR) is 129 cm³/mol. The van der Waals surface area contributed by atoms with Gasteiger partial charge in [0, 0.05) is 11.8 Å². The second-order valence-corrected chi connectivity index (χ2v) is 8.85. The number of ether oxygens (including phenoxy) is 1. The summed E-state index contributed by atoms with van der Waals surface area (Å²) >= 11 is 7.08. The van der Waals surface area contributed by atoms with Crippen LogP contribution in [0.1, 0.15) is 6.92 Å². The van der Waals surface area contributed by atoms with Crippen molar-refractivity contribution >= 4 is 45.9 Å². The first-order valence-corrected chi connectivity index (χ1v) is 11.2. The Kier molecular flexibility index (Phi) is 6.67. The monoisotopic (exact) mass is 483 g/mol. The van der Waals surface area contributed by atoms with E-state index < -0.39 is 11.1 Å². The third-order valence-electron chi connectivity index (χ3n) is 4.90. The number of fused-ring (bicyclic) bond motifs is 1. The summed E-state index contributed by atoms with van der Waals surface area (Å²) in [7, 11) is 1.55. The third-order valence-corrected chi connectivity index (χ3v) is 6.24. The molecule has 9 heteroatoms. The molecule has 0 radical (unpaired) electrons. The van der Waals surface area contributed by atoms with Gasteiger partial charge in [-0.2, -0.15) is 0 Å². The van der Waals surface area contributed by atoms with Crippen LogP contribution in [0.15, 0.2) is 76.7 Å². The third kappa shape index (κ3) is 4.86. The van der Waals surface area contributed by atoms with Crippen LogP contribution in [0.4, 0.5) is 10.1 Å². The average molecular weight is 484 g/mol. The zero-order valence-corrected chi connectivity index (χ0v) is 19.3. The zero-order valence-electron chi connectivity index (χ0n) is 17.7. The molecule has 3 aromatic carbocycles. The van der Waals surface area contributed by atoms with Crippen molar-refractivity contribution in [2.24, 2.45) is 0 Å². The van der Waals surface area contributed by atoms with Crippen LogP contribution in [-0.2, 0) is 4.79 Å². The van der Waals surface area contributed by atoms with E-state index in [-0.39, 0.29) is 21.6 Å². The van der Waals surface area contributed by atoms with E-state index in [1.165, 1.54) is 22.8 Å². The number of thioether (sulfide) groups is 1. The lowest BCUT2D eigenvalue weighted by atomic mass is 10.2. The van der Waals surface area contributed by atoms with Crippen molar-refractivity contribution in [3.63, 3.8) is 0 Å². The first-order chi connectivity index (χ1) is 15.9. The number of aromatic nitrogens is 2. The van der Waals surface area contributed by atoms with Crippen molar-refractivity contribution in [2.75, 3.05) is 12.4 Å². The van der Waals surface area contributed by atoms with Crippen molar-refractivity contribution in [3.05, 3.63) is 87.9 Å². The van der Waals surface area contributed by atoms with Crippen molar-refractivity contribution in [1.82, 2.24) is 9.55 Å². The first kappa shape index (κ1) is 22.8. The van der Waals surface area contributed by atoms with Gasteiger partial charge < -0.3 is 10.1 Å². The highest BCUT2D eigenvalue weighted by atomic mass is 35.5. The second-order valence-electron chi connectivity index (χ2n) is 7.13. The molecule has 0 aliphatic carbocycles. The predicted octanol–water partition coefficient (Wildman–Crippen LogP) is 5.31. The number of hydrogen-bond donors (Lipinski definition) is 1. The van der Waals surface area contributed by atoms with Crippen molar-refractivity contribution in [1.29, 1.82) is 0 Å². The molecule has 0 spiro atoms. The number of methoxy groups -OCH3 is 1. The minimum atomic E-state index is -0.605. The summed E-state index contributed by atoms with van der Waals surface area (Å²) < 4.78 is 20.3. The molecule has 4 rings (SSSR count). The van der Waals surface area contributed by atoms with Crippen LogP contribution in [-0.4, -0.2) is 27.8 Å². The van der Waals surface area contributed by atoms with Crippen LogP contribution in [0.3, 0.4) is 0 Å². The van der Waals surface area contributed by atoms with Crippen molar-refractivity contribution in [2.45, 2.75) is 17.3 Å². The van der Waals surface area contributed by atoms with Gasteiger partial charge in [0.25, 0.3) is 5.56 Å². The number of anilines is 1. The number of amides is 1. The molecular weight excluding hydrogens is 465 g/mol. The van der Waals surface area contributed by atoms with Gasteiger partial charge in [-0.1, -0.05) is 41.6 Å². The molecule has 1 unspecified atom stereocenters. The fraction of sp³-hybridized carbons (Fsp3) is 0.125. The van der Waals surface area contributed by atoms with E-state index in [9.17, 15) is 14.0 Å². The van der Waals surface area contributed by atoms with E-state index in [4.69, 9.17) is 16.3 Å². The number of nitrogens with one attached hydrogen (secondary N) is 1. The Balaban J connectivity index is 1.72. The summed E-state index contributed by atoms with van der Waals surface area (Å²) in [5.41, 5.74) is 1.09. The minimum Gasteiger partial charge on any atom is -0.497 e. The number of benzene rings is 3. The van der Waals surface area contributed by atoms with Crippen LogP contribution in [0.25, 0.3) is 16.6 Å². The number of hydrogen-bond acceptors (Lipinski definition) is 5. The number of carbonyl (C=O) groups excluding carboxylic acids is 1. The number of nitrogens with zero attached hydrogens (tertiary/aromatic N) is 2. The topological polar surface area (TPSA) is 73.2 Å². The van der Waals surface area contributed by atoms with E-state index in [0.29, 0.717) is 28.0 Å². The highest BCUT2D eigenvalue weighted by molar-refractivity contribution is 8.00. The fourth-order valence-electron chi connectivity index (χ4n) is 3.20. The first-order valence-electron chi connectivity index (χ1n) is 9.96. The molecule has 1 aromatic heterocycles. The van der Waals surface area contributed by atoms with Gasteiger partial charge in [0.1, 0.15) is 11.6 Å². The number of rotatable bonds is 6. The molecule has 4 aromatic rings. The Labute approximate surface area is 198 Å². The Bertz CT molecular complexity index is 1410. The number of para-hydroxylation sites is 1. The summed E-state index contributed by atoms with van der Waals surface area (Å²) in [6.07, 6.45) is 0. The molecule has 0 aliphatic rings. The van der Waals surface area contributed by atoms with Crippen molar-refractivity contribution in [3.8, 4) is 11.4 Å². The van der Waals surface area contributed by atoms with Gasteiger partial charge in [-0.15, -0.1) is 0 Å². The molecule has 0 saturated carbocycles. The highest BCUT2D eigenvalue weighted by Gasteiger charge is 2.21. The lowest BCUT2D eigenvalue weighted by molar-refractivity contribution is -0.115. The van der Waals surface area contributed by atoms with E-state index >= 15 is 0 Å². The normalized spacial score (nSPS) is 11.9. The largest absolute Gasteiger partial charge is 0.497 e. The minimum absolute atomic E-state index is 0.118. The molecule has 0 bridgehead atoms. The van der Waals surface area contributed by atoms with Crippen LogP contribution < -0.4 is 15.6 Å². The number of halogens is 2. The van der Waals surface area contributed by atoms with E-state index in [1.807, 2.05) is 0 Å². The summed E-state index contributed by atoms with van der Waals surface area (Å²) in [6, 6.07) is 17.9. The molecule has 1 N–H and O–H groups in total. The van der Waals surface area contributed by atoms with E-state index in [1.54, 1.807) is 62.6 Å². The molecule has 0 fully saturated rings. The molecule has 168 valence electrons. The van der Waals surface area contributed by atoms with Crippen LogP contribution in [0.2, 0.25) is 5.02 Å². The summed E-state index contributed by atoms with van der Waals surface area (Å²) in [6.45, 7) is 1.71.